The fraction of sp³-hybridized carbons (Fsp3) is 0.583. The lowest BCUT2D eigenvalue weighted by molar-refractivity contribution is 0.0154. The van der Waals surface area contributed by atoms with Crippen molar-refractivity contribution in [3.8, 4) is 0 Å². The molecule has 19 heavy (non-hydrogen) atoms. The Labute approximate surface area is 111 Å². The Morgan fingerprint density at radius 3 is 2.68 bits per heavy atom. The van der Waals surface area contributed by atoms with Gasteiger partial charge in [0.2, 0.25) is 0 Å². The number of nitrogens with one attached hydrogen (secondary N) is 1. The summed E-state index contributed by atoms with van der Waals surface area (Å²) in [4.78, 5) is 21.6. The number of nitrogen functional groups attached to an aromatic ring is 1. The van der Waals surface area contributed by atoms with Crippen molar-refractivity contribution < 1.29 is 9.90 Å². The number of anilines is 1. The molecule has 0 unspecified atom stereocenters. The minimum atomic E-state index is -0.753. The highest BCUT2D eigenvalue weighted by Crippen LogP contribution is 2.30. The van der Waals surface area contributed by atoms with Crippen LogP contribution in [0.2, 0.25) is 0 Å². The molecule has 0 spiro atoms. The molecule has 0 saturated heterocycles. The number of aliphatic hydroxyl groups is 1. The Bertz CT molecular complexity index is 442. The van der Waals surface area contributed by atoms with Crippen LogP contribution in [0.3, 0.4) is 0 Å². The van der Waals surface area contributed by atoms with Crippen LogP contribution in [0, 0.1) is 0 Å². The molecule has 0 aromatic carbocycles. The topological polar surface area (TPSA) is 104 Å². The maximum atomic E-state index is 12.1. The van der Waals surface area contributed by atoms with E-state index in [1.807, 2.05) is 0 Å². The van der Waals surface area contributed by atoms with Crippen molar-refractivity contribution >= 4 is 11.7 Å². The Morgan fingerprint density at radius 2 is 2.16 bits per heavy atom. The van der Waals surface area contributed by atoms with Crippen molar-refractivity contribution in [2.45, 2.75) is 31.3 Å². The highest BCUT2D eigenvalue weighted by molar-refractivity contribution is 5.91. The second kappa shape index (κ2) is 5.50. The summed E-state index contributed by atoms with van der Waals surface area (Å²) < 4.78 is 0. The third-order valence-corrected chi connectivity index (χ3v) is 3.43. The molecule has 4 N–H and O–H groups in total. The molecule has 1 heterocycles. The monoisotopic (exact) mass is 265 g/mol. The summed E-state index contributed by atoms with van der Waals surface area (Å²) in [6, 6.07) is 0. The van der Waals surface area contributed by atoms with Crippen LogP contribution in [0.4, 0.5) is 5.82 Å². The summed E-state index contributed by atoms with van der Waals surface area (Å²) in [5.74, 6) is 5.32. The maximum absolute atomic E-state index is 12.1. The van der Waals surface area contributed by atoms with Gasteiger partial charge in [-0.2, -0.15) is 0 Å². The number of nitrogens with two attached hydrogens (primary N) is 1. The summed E-state index contributed by atoms with van der Waals surface area (Å²) in [6.07, 6.45) is 6.27. The van der Waals surface area contributed by atoms with Crippen LogP contribution in [0.1, 0.15) is 36.2 Å². The fourth-order valence-corrected chi connectivity index (χ4v) is 2.41. The van der Waals surface area contributed by atoms with Crippen LogP contribution >= 0.6 is 0 Å². The number of rotatable bonds is 4. The van der Waals surface area contributed by atoms with Crippen molar-refractivity contribution in [3.05, 3.63) is 18.1 Å². The predicted octanol–water partition coefficient (Wildman–Crippen LogP) is 0.139. The van der Waals surface area contributed by atoms with Crippen LogP contribution in [-0.2, 0) is 0 Å². The van der Waals surface area contributed by atoms with E-state index in [2.05, 4.69) is 15.4 Å². The van der Waals surface area contributed by atoms with Gasteiger partial charge in [-0.25, -0.2) is 15.8 Å². The zero-order chi connectivity index (χ0) is 13.9. The van der Waals surface area contributed by atoms with Crippen LogP contribution in [0.5, 0.6) is 0 Å². The van der Waals surface area contributed by atoms with E-state index in [9.17, 15) is 9.90 Å². The van der Waals surface area contributed by atoms with Gasteiger partial charge in [0.15, 0.2) is 5.82 Å². The first kappa shape index (κ1) is 13.7. The van der Waals surface area contributed by atoms with Gasteiger partial charge in [0.25, 0.3) is 5.91 Å². The number of carbonyl (C=O) groups excluding carboxylic acids is 1. The van der Waals surface area contributed by atoms with Crippen LogP contribution in [0.25, 0.3) is 0 Å². The Morgan fingerprint density at radius 1 is 1.47 bits per heavy atom. The number of amides is 1. The SMILES string of the molecule is CN(CC1(O)CCCC1)C(=O)c1cnc(NN)cn1. The smallest absolute Gasteiger partial charge is 0.273 e. The molecule has 7 nitrogen and oxygen atoms in total. The lowest BCUT2D eigenvalue weighted by atomic mass is 10.0. The first-order valence-electron chi connectivity index (χ1n) is 6.31. The molecule has 1 aromatic heterocycles. The Kier molecular flexibility index (Phi) is 3.96. The number of hydrogen-bond acceptors (Lipinski definition) is 6. The van der Waals surface area contributed by atoms with Crippen molar-refractivity contribution in [2.24, 2.45) is 5.84 Å². The van der Waals surface area contributed by atoms with E-state index < -0.39 is 5.60 Å². The van der Waals surface area contributed by atoms with Gasteiger partial charge < -0.3 is 15.4 Å². The average Bonchev–Trinajstić information content (AvgIpc) is 2.84. The van der Waals surface area contributed by atoms with E-state index in [1.165, 1.54) is 17.3 Å². The van der Waals surface area contributed by atoms with E-state index >= 15 is 0 Å². The van der Waals surface area contributed by atoms with Crippen LogP contribution < -0.4 is 11.3 Å². The molecule has 1 aliphatic carbocycles. The van der Waals surface area contributed by atoms with Gasteiger partial charge in [-0.3, -0.25) is 4.79 Å². The third kappa shape index (κ3) is 3.18. The summed E-state index contributed by atoms with van der Waals surface area (Å²) in [6.45, 7) is 0.324. The first-order chi connectivity index (χ1) is 9.04. The summed E-state index contributed by atoms with van der Waals surface area (Å²) >= 11 is 0. The molecule has 7 heteroatoms. The highest BCUT2D eigenvalue weighted by atomic mass is 16.3. The second-order valence-electron chi connectivity index (χ2n) is 5.02. The molecule has 0 radical (unpaired) electrons. The molecule has 1 saturated carbocycles. The summed E-state index contributed by atoms with van der Waals surface area (Å²) in [5, 5.41) is 10.3. The van der Waals surface area contributed by atoms with E-state index in [4.69, 9.17) is 5.84 Å². The van der Waals surface area contributed by atoms with Crippen molar-refractivity contribution in [1.82, 2.24) is 14.9 Å². The van der Waals surface area contributed by atoms with Crippen molar-refractivity contribution in [1.29, 1.82) is 0 Å². The van der Waals surface area contributed by atoms with Crippen LogP contribution in [0.15, 0.2) is 12.4 Å². The second-order valence-corrected chi connectivity index (χ2v) is 5.02. The lowest BCUT2D eigenvalue weighted by Crippen LogP contribution is -2.42. The maximum Gasteiger partial charge on any atom is 0.273 e. The molecule has 0 bridgehead atoms. The quantitative estimate of drug-likeness (QED) is 0.528. The van der Waals surface area contributed by atoms with Gasteiger partial charge in [-0.05, 0) is 12.8 Å². The van der Waals surface area contributed by atoms with Gasteiger partial charge in [0.05, 0.1) is 18.0 Å². The van der Waals surface area contributed by atoms with Crippen LogP contribution in [-0.4, -0.2) is 45.1 Å². The molecule has 2 rings (SSSR count). The Hall–Kier alpha value is -1.73. The number of aromatic nitrogens is 2. The van der Waals surface area contributed by atoms with E-state index in [1.54, 1.807) is 7.05 Å². The normalized spacial score (nSPS) is 17.2. The van der Waals surface area contributed by atoms with Gasteiger partial charge in [-0.1, -0.05) is 12.8 Å². The fourth-order valence-electron chi connectivity index (χ4n) is 2.41. The molecule has 104 valence electrons. The third-order valence-electron chi connectivity index (χ3n) is 3.43. The molecule has 1 amide bonds. The van der Waals surface area contributed by atoms with E-state index in [0.717, 1.165) is 25.7 Å². The van der Waals surface area contributed by atoms with Gasteiger partial charge >= 0.3 is 0 Å². The minimum Gasteiger partial charge on any atom is -0.388 e. The van der Waals surface area contributed by atoms with Crippen molar-refractivity contribution in [2.75, 3.05) is 19.0 Å². The number of hydrazine groups is 1. The zero-order valence-electron chi connectivity index (χ0n) is 11.0. The van der Waals surface area contributed by atoms with Crippen molar-refractivity contribution in [3.63, 3.8) is 0 Å². The molecule has 1 aliphatic rings. The Balaban J connectivity index is 2.01. The van der Waals surface area contributed by atoms with Gasteiger partial charge in [-0.15, -0.1) is 0 Å². The average molecular weight is 265 g/mol. The molecular formula is C12H19N5O2. The molecular weight excluding hydrogens is 246 g/mol. The molecule has 0 atom stereocenters. The van der Waals surface area contributed by atoms with E-state index in [-0.39, 0.29) is 11.6 Å². The zero-order valence-corrected chi connectivity index (χ0v) is 11.0. The molecule has 1 fully saturated rings. The summed E-state index contributed by atoms with van der Waals surface area (Å²) in [5.41, 5.74) is 1.83. The molecule has 0 aliphatic heterocycles. The largest absolute Gasteiger partial charge is 0.388 e. The number of carbonyl (C=O) groups is 1. The minimum absolute atomic E-state index is 0.239. The lowest BCUT2D eigenvalue weighted by Gasteiger charge is -2.28. The van der Waals surface area contributed by atoms with E-state index in [0.29, 0.717) is 12.4 Å². The number of hydrogen-bond donors (Lipinski definition) is 3. The highest BCUT2D eigenvalue weighted by Gasteiger charge is 2.33. The van der Waals surface area contributed by atoms with Gasteiger partial charge in [0.1, 0.15) is 5.69 Å². The first-order valence-corrected chi connectivity index (χ1v) is 6.31. The predicted molar refractivity (Wildman–Crippen MR) is 70.2 cm³/mol. The number of likely N-dealkylation sites (N-methyl/N-ethyl adjacent to an activating group) is 1. The van der Waals surface area contributed by atoms with Gasteiger partial charge in [0, 0.05) is 13.6 Å². The standard InChI is InChI=1S/C12H19N5O2/c1-17(8-12(19)4-2-3-5-12)11(18)9-6-15-10(16-13)7-14-9/h6-7,19H,2-5,8,13H2,1H3,(H,15,16). The summed E-state index contributed by atoms with van der Waals surface area (Å²) in [7, 11) is 1.66. The molecule has 1 aromatic rings. The number of nitrogens with zero attached hydrogens (tertiary/aromatic N) is 3.